The van der Waals surface area contributed by atoms with E-state index in [1.165, 1.54) is 32.2 Å². The van der Waals surface area contributed by atoms with Gasteiger partial charge in [-0.1, -0.05) is 18.2 Å². The number of rotatable bonds is 5. The van der Waals surface area contributed by atoms with Gasteiger partial charge in [0.15, 0.2) is 0 Å². The van der Waals surface area contributed by atoms with Crippen LogP contribution in [-0.4, -0.2) is 33.3 Å². The Morgan fingerprint density at radius 2 is 1.93 bits per heavy atom. The van der Waals surface area contributed by atoms with Crippen LogP contribution in [0.15, 0.2) is 46.1 Å². The maximum Gasteiger partial charge on any atom is 0.338 e. The second kappa shape index (κ2) is 6.94. The number of alkyl halides is 1. The molecule has 142 valence electrons. The molecule has 1 saturated carbocycles. The smallest absolute Gasteiger partial charge is 0.338 e. The second-order valence-electron chi connectivity index (χ2n) is 6.77. The molecule has 0 amide bonds. The number of aryl methyl sites for hydroxylation is 1. The van der Waals surface area contributed by atoms with Gasteiger partial charge in [-0.05, 0) is 25.5 Å². The Hall–Kier alpha value is -3.03. The zero-order valence-electron chi connectivity index (χ0n) is 15.0. The second-order valence-corrected chi connectivity index (χ2v) is 6.77. The van der Waals surface area contributed by atoms with Crippen LogP contribution in [-0.2, 0) is 16.1 Å². The summed E-state index contributed by atoms with van der Waals surface area (Å²) in [6.07, 6.45) is 1.39. The van der Waals surface area contributed by atoms with Gasteiger partial charge in [0.2, 0.25) is 0 Å². The molecule has 1 aromatic heterocycles. The minimum atomic E-state index is -1.72. The lowest BCUT2D eigenvalue weighted by Crippen LogP contribution is -2.45. The van der Waals surface area contributed by atoms with Crippen LogP contribution in [0.25, 0.3) is 0 Å². The number of halogens is 1. The van der Waals surface area contributed by atoms with Gasteiger partial charge in [-0.15, -0.1) is 0 Å². The van der Waals surface area contributed by atoms with E-state index >= 15 is 0 Å². The summed E-state index contributed by atoms with van der Waals surface area (Å²) in [5, 5.41) is 0. The molecule has 1 fully saturated rings. The summed E-state index contributed by atoms with van der Waals surface area (Å²) in [6, 6.07) is 7.93. The monoisotopic (exact) mass is 374 g/mol. The van der Waals surface area contributed by atoms with Gasteiger partial charge < -0.3 is 4.74 Å². The van der Waals surface area contributed by atoms with Crippen LogP contribution in [0.2, 0.25) is 0 Å². The van der Waals surface area contributed by atoms with Crippen LogP contribution < -0.4 is 11.2 Å². The molecule has 0 spiro atoms. The van der Waals surface area contributed by atoms with Gasteiger partial charge >= 0.3 is 11.7 Å². The average molecular weight is 374 g/mol. The number of hydrogen-bond acceptors (Lipinski definition) is 5. The molecule has 1 heterocycles. The maximum atomic E-state index is 14.8. The average Bonchev–Trinajstić information content (AvgIpc) is 3.28. The Bertz CT molecular complexity index is 1010. The molecule has 2 atom stereocenters. The number of ether oxygens (including phenoxy) is 1. The third-order valence-electron chi connectivity index (χ3n) is 4.63. The normalized spacial score (nSPS) is 20.9. The van der Waals surface area contributed by atoms with Crippen molar-refractivity contribution >= 4 is 11.9 Å². The predicted molar refractivity (Wildman–Crippen MR) is 94.4 cm³/mol. The number of carbonyl (C=O) groups is 2. The molecule has 0 unspecified atom stereocenters. The van der Waals surface area contributed by atoms with Gasteiger partial charge in [-0.25, -0.2) is 9.18 Å². The zero-order valence-corrected chi connectivity index (χ0v) is 15.0. The van der Waals surface area contributed by atoms with Gasteiger partial charge in [0.05, 0.1) is 13.2 Å². The maximum absolute atomic E-state index is 14.8. The summed E-state index contributed by atoms with van der Waals surface area (Å²) in [4.78, 5) is 48.5. The van der Waals surface area contributed by atoms with E-state index < -0.39 is 34.7 Å². The molecular formula is C19H19FN2O5. The van der Waals surface area contributed by atoms with Crippen molar-refractivity contribution in [2.24, 2.45) is 5.92 Å². The Kier molecular flexibility index (Phi) is 4.82. The number of aromatic nitrogens is 2. The van der Waals surface area contributed by atoms with E-state index in [9.17, 15) is 23.6 Å². The first-order chi connectivity index (χ1) is 12.7. The molecule has 8 heteroatoms. The van der Waals surface area contributed by atoms with Crippen LogP contribution in [0.3, 0.4) is 0 Å². The van der Waals surface area contributed by atoms with E-state index in [2.05, 4.69) is 0 Å². The first kappa shape index (κ1) is 18.8. The summed E-state index contributed by atoms with van der Waals surface area (Å²) >= 11 is 0. The number of carbonyl (C=O) groups excluding carboxylic acids is 2. The third kappa shape index (κ3) is 3.74. The van der Waals surface area contributed by atoms with E-state index in [0.29, 0.717) is 4.57 Å². The van der Waals surface area contributed by atoms with E-state index in [4.69, 9.17) is 4.74 Å². The first-order valence-corrected chi connectivity index (χ1v) is 8.48. The highest BCUT2D eigenvalue weighted by molar-refractivity contribution is 5.95. The summed E-state index contributed by atoms with van der Waals surface area (Å²) in [7, 11) is 0. The molecule has 0 saturated heterocycles. The molecule has 7 nitrogen and oxygen atoms in total. The summed E-state index contributed by atoms with van der Waals surface area (Å²) in [5.74, 6) is -1.78. The van der Waals surface area contributed by atoms with E-state index in [0.717, 1.165) is 4.57 Å². The molecular weight excluding hydrogens is 355 g/mol. The van der Waals surface area contributed by atoms with Crippen molar-refractivity contribution in [1.29, 1.82) is 0 Å². The van der Waals surface area contributed by atoms with Gasteiger partial charge in [0.25, 0.3) is 11.5 Å². The van der Waals surface area contributed by atoms with Crippen LogP contribution in [0, 0.1) is 12.8 Å². The van der Waals surface area contributed by atoms with E-state index in [-0.39, 0.29) is 30.7 Å². The summed E-state index contributed by atoms with van der Waals surface area (Å²) in [5.41, 5.74) is -3.01. The lowest BCUT2D eigenvalue weighted by molar-refractivity contribution is -0.141. The predicted octanol–water partition coefficient (Wildman–Crippen LogP) is 1.30. The zero-order chi connectivity index (χ0) is 19.8. The van der Waals surface area contributed by atoms with E-state index in [1.807, 2.05) is 0 Å². The Balaban J connectivity index is 1.92. The lowest BCUT2D eigenvalue weighted by atomic mass is 10.2. The van der Waals surface area contributed by atoms with Gasteiger partial charge in [0, 0.05) is 30.2 Å². The fraction of sp³-hybridized carbons (Fsp3) is 0.368. The molecule has 0 N–H and O–H groups in total. The van der Waals surface area contributed by atoms with Gasteiger partial charge in [0.1, 0.15) is 5.67 Å². The standard InChI is InChI=1S/C19H19FN2O5/c1-12-9-21(11-19(20)8-15(19)10-27-13(2)23)18(26)22(16(12)24)17(25)14-6-4-3-5-7-14/h3-7,9,15H,8,10-11H2,1-2H3/t15-,19+/m1/s1. The molecule has 27 heavy (non-hydrogen) atoms. The molecule has 2 aromatic rings. The minimum absolute atomic E-state index is 0.0673. The Morgan fingerprint density at radius 1 is 1.26 bits per heavy atom. The number of hydrogen-bond donors (Lipinski definition) is 0. The largest absolute Gasteiger partial charge is 0.465 e. The number of nitrogens with zero attached hydrogens (tertiary/aromatic N) is 2. The summed E-state index contributed by atoms with van der Waals surface area (Å²) in [6.45, 7) is 2.31. The van der Waals surface area contributed by atoms with Crippen LogP contribution in [0.1, 0.15) is 29.3 Å². The highest BCUT2D eigenvalue weighted by Crippen LogP contribution is 2.48. The van der Waals surface area contributed by atoms with Gasteiger partial charge in [-0.2, -0.15) is 4.57 Å². The van der Waals surface area contributed by atoms with Crippen LogP contribution >= 0.6 is 0 Å². The summed E-state index contributed by atoms with van der Waals surface area (Å²) < 4.78 is 21.2. The molecule has 1 aromatic carbocycles. The quantitative estimate of drug-likeness (QED) is 0.736. The highest BCUT2D eigenvalue weighted by atomic mass is 19.1. The lowest BCUT2D eigenvalue weighted by Gasteiger charge is -2.14. The van der Waals surface area contributed by atoms with Crippen molar-refractivity contribution < 1.29 is 18.7 Å². The molecule has 1 aliphatic rings. The van der Waals surface area contributed by atoms with Crippen molar-refractivity contribution in [3.63, 3.8) is 0 Å². The van der Waals surface area contributed by atoms with E-state index in [1.54, 1.807) is 18.2 Å². The highest BCUT2D eigenvalue weighted by Gasteiger charge is 2.56. The SMILES string of the molecule is CC(=O)OC[C@H]1C[C@]1(F)Cn1cc(C)c(=O)n(C(=O)c2ccccc2)c1=O. The Labute approximate surface area is 154 Å². The fourth-order valence-corrected chi connectivity index (χ4v) is 2.99. The molecule has 0 aliphatic heterocycles. The first-order valence-electron chi connectivity index (χ1n) is 8.48. The van der Waals surface area contributed by atoms with Crippen molar-refractivity contribution in [1.82, 2.24) is 9.13 Å². The molecule has 1 aliphatic carbocycles. The fourth-order valence-electron chi connectivity index (χ4n) is 2.99. The van der Waals surface area contributed by atoms with Crippen molar-refractivity contribution in [3.8, 4) is 0 Å². The van der Waals surface area contributed by atoms with Crippen LogP contribution in [0.5, 0.6) is 0 Å². The molecule has 3 rings (SSSR count). The minimum Gasteiger partial charge on any atom is -0.465 e. The number of esters is 1. The number of benzene rings is 1. The molecule has 0 radical (unpaired) electrons. The molecule has 0 bridgehead atoms. The van der Waals surface area contributed by atoms with Crippen molar-refractivity contribution in [2.45, 2.75) is 32.5 Å². The third-order valence-corrected chi connectivity index (χ3v) is 4.63. The van der Waals surface area contributed by atoms with Crippen molar-refractivity contribution in [3.05, 3.63) is 68.5 Å². The topological polar surface area (TPSA) is 87.4 Å². The van der Waals surface area contributed by atoms with Crippen LogP contribution in [0.4, 0.5) is 4.39 Å². The Morgan fingerprint density at radius 3 is 2.56 bits per heavy atom. The van der Waals surface area contributed by atoms with Gasteiger partial charge in [-0.3, -0.25) is 19.0 Å². The van der Waals surface area contributed by atoms with Crippen molar-refractivity contribution in [2.75, 3.05) is 6.61 Å².